The highest BCUT2D eigenvalue weighted by molar-refractivity contribution is 5.70. The Morgan fingerprint density at radius 2 is 1.56 bits per heavy atom. The third kappa shape index (κ3) is 8.72. The maximum Gasteiger partial charge on any atom is 0.204 e. The molecule has 32 heavy (non-hydrogen) atoms. The summed E-state index contributed by atoms with van der Waals surface area (Å²) in [6, 6.07) is 15.2. The van der Waals surface area contributed by atoms with E-state index in [1.165, 1.54) is 28.1 Å². The molecule has 1 aliphatic heterocycles. The molecule has 3 N–H and O–H groups in total. The summed E-state index contributed by atoms with van der Waals surface area (Å²) in [4.78, 5) is 13.5. The number of carbonyl (C=O) groups is 1. The number of hydrogen-bond acceptors (Lipinski definition) is 4. The molecule has 3 rings (SSSR count). The number of piperazine rings is 1. The first-order chi connectivity index (χ1) is 15.4. The monoisotopic (exact) mass is 435 g/mol. The second-order valence-corrected chi connectivity index (χ2v) is 7.53. The van der Waals surface area contributed by atoms with Crippen molar-refractivity contribution in [1.82, 2.24) is 0 Å². The van der Waals surface area contributed by atoms with E-state index in [1.54, 1.807) is 19.1 Å². The summed E-state index contributed by atoms with van der Waals surface area (Å²) in [5.41, 5.74) is 10.6. The molecule has 0 radical (unpaired) electrons. The lowest BCUT2D eigenvalue weighted by Gasteiger charge is -2.38. The normalized spacial score (nSPS) is 13.6. The Morgan fingerprint density at radius 1 is 1.03 bits per heavy atom. The number of rotatable bonds is 4. The Balaban J connectivity index is 0.000000769. The van der Waals surface area contributed by atoms with Crippen LogP contribution in [0.5, 0.6) is 0 Å². The van der Waals surface area contributed by atoms with Crippen LogP contribution in [0.2, 0.25) is 0 Å². The lowest BCUT2D eigenvalue weighted by atomic mass is 10.1. The number of amides is 1. The summed E-state index contributed by atoms with van der Waals surface area (Å²) in [5.74, 6) is 0.322. The van der Waals surface area contributed by atoms with Crippen molar-refractivity contribution >= 4 is 23.9 Å². The maximum absolute atomic E-state index is 9.36. The Bertz CT molecular complexity index is 901. The number of nitrogens with two attached hydrogens (primary N) is 1. The lowest BCUT2D eigenvalue weighted by molar-refractivity contribution is -0.106. The highest BCUT2D eigenvalue weighted by Gasteiger charge is 2.19. The molecule has 0 spiro atoms. The molecule has 2 aromatic carbocycles. The molecule has 0 aromatic heterocycles. The number of hydrogen-bond donors (Lipinski definition) is 2. The van der Waals surface area contributed by atoms with E-state index in [2.05, 4.69) is 84.5 Å². The Morgan fingerprint density at radius 3 is 2.09 bits per heavy atom. The molecular formula is C27H37N3O2. The summed E-state index contributed by atoms with van der Waals surface area (Å²) >= 11 is 0. The number of primary amides is 1. The molecule has 2 aromatic rings. The molecule has 5 heteroatoms. The average molecular weight is 436 g/mol. The van der Waals surface area contributed by atoms with Crippen molar-refractivity contribution in [2.24, 2.45) is 5.73 Å². The number of aliphatic hydroxyl groups is 1. The van der Waals surface area contributed by atoms with Gasteiger partial charge in [0.15, 0.2) is 0 Å². The molecular weight excluding hydrogens is 398 g/mol. The van der Waals surface area contributed by atoms with Gasteiger partial charge in [0.25, 0.3) is 0 Å². The molecule has 1 aliphatic rings. The van der Waals surface area contributed by atoms with Gasteiger partial charge in [0, 0.05) is 37.6 Å². The molecule has 0 saturated carbocycles. The van der Waals surface area contributed by atoms with Crippen LogP contribution in [0.3, 0.4) is 0 Å². The Labute approximate surface area is 193 Å². The third-order valence-corrected chi connectivity index (χ3v) is 4.87. The first-order valence-electron chi connectivity index (χ1n) is 10.8. The van der Waals surface area contributed by atoms with E-state index in [-0.39, 0.29) is 6.41 Å². The Hall–Kier alpha value is -3.47. The van der Waals surface area contributed by atoms with E-state index in [9.17, 15) is 5.11 Å². The van der Waals surface area contributed by atoms with Gasteiger partial charge in [-0.2, -0.15) is 0 Å². The van der Waals surface area contributed by atoms with Gasteiger partial charge in [0.1, 0.15) is 0 Å². The lowest BCUT2D eigenvalue weighted by Crippen LogP contribution is -2.47. The molecule has 0 aliphatic carbocycles. The first-order valence-corrected chi connectivity index (χ1v) is 10.8. The molecule has 1 heterocycles. The molecule has 172 valence electrons. The smallest absolute Gasteiger partial charge is 0.204 e. The second-order valence-electron chi connectivity index (χ2n) is 7.53. The van der Waals surface area contributed by atoms with Gasteiger partial charge < -0.3 is 20.6 Å². The number of anilines is 2. The van der Waals surface area contributed by atoms with Crippen molar-refractivity contribution in [3.05, 3.63) is 89.7 Å². The number of aryl methyl sites for hydroxylation is 2. The quantitative estimate of drug-likeness (QED) is 0.292. The van der Waals surface area contributed by atoms with Crippen LogP contribution in [0.1, 0.15) is 30.5 Å². The fourth-order valence-corrected chi connectivity index (χ4v) is 3.49. The van der Waals surface area contributed by atoms with Gasteiger partial charge >= 0.3 is 0 Å². The van der Waals surface area contributed by atoms with Gasteiger partial charge in [0.2, 0.25) is 6.41 Å². The molecule has 1 saturated heterocycles. The van der Waals surface area contributed by atoms with Crippen LogP contribution in [0, 0.1) is 13.8 Å². The molecule has 0 unspecified atom stereocenters. The highest BCUT2D eigenvalue weighted by atomic mass is 16.3. The molecule has 1 amide bonds. The number of carbonyl (C=O) groups excluding carboxylic acids is 1. The second kappa shape index (κ2) is 14.5. The SMILES string of the molecule is C/C(O)=C/C=C/c1cc(C)ccc1N1CCN(c2ccccc2C)CC1.C=CC.NC=O. The van der Waals surface area contributed by atoms with Gasteiger partial charge in [-0.15, -0.1) is 6.58 Å². The minimum absolute atomic E-state index is 0.250. The maximum atomic E-state index is 9.36. The van der Waals surface area contributed by atoms with Gasteiger partial charge in [-0.05, 0) is 63.1 Å². The van der Waals surface area contributed by atoms with E-state index in [0.29, 0.717) is 5.76 Å². The number of nitrogens with zero attached hydrogens (tertiary/aromatic N) is 2. The zero-order valence-electron chi connectivity index (χ0n) is 19.8. The van der Waals surface area contributed by atoms with E-state index < -0.39 is 0 Å². The topological polar surface area (TPSA) is 69.8 Å². The first kappa shape index (κ1) is 26.6. The molecule has 1 fully saturated rings. The van der Waals surface area contributed by atoms with Crippen LogP contribution >= 0.6 is 0 Å². The fraction of sp³-hybridized carbons (Fsp3) is 0.296. The van der Waals surface area contributed by atoms with Gasteiger partial charge in [-0.1, -0.05) is 48.1 Å². The van der Waals surface area contributed by atoms with Crippen molar-refractivity contribution in [1.29, 1.82) is 0 Å². The minimum atomic E-state index is 0.250. The fourth-order valence-electron chi connectivity index (χ4n) is 3.49. The average Bonchev–Trinajstić information content (AvgIpc) is 2.75. The minimum Gasteiger partial charge on any atom is -0.513 e. The third-order valence-electron chi connectivity index (χ3n) is 4.87. The van der Waals surface area contributed by atoms with Gasteiger partial charge in [-0.3, -0.25) is 4.79 Å². The van der Waals surface area contributed by atoms with E-state index in [1.807, 2.05) is 13.0 Å². The molecule has 0 bridgehead atoms. The summed E-state index contributed by atoms with van der Waals surface area (Å²) in [5, 5.41) is 9.36. The van der Waals surface area contributed by atoms with E-state index >= 15 is 0 Å². The van der Waals surface area contributed by atoms with Gasteiger partial charge in [-0.25, -0.2) is 0 Å². The predicted octanol–water partition coefficient (Wildman–Crippen LogP) is 5.40. The number of aliphatic hydroxyl groups excluding tert-OH is 1. The standard InChI is InChI=1S/C23H28N2O.C3H6.CH3NO/c1-18-11-12-23(21(17-18)9-6-8-20(3)26)25-15-13-24(14-16-25)22-10-5-4-7-19(22)2;1-3-2;2-1-3/h4-12,17,26H,13-16H2,1-3H3;3H,1H2,2H3;1H,(H2,2,3)/b9-6+,20-8-;;. The van der Waals surface area contributed by atoms with E-state index in [4.69, 9.17) is 4.79 Å². The largest absolute Gasteiger partial charge is 0.513 e. The summed E-state index contributed by atoms with van der Waals surface area (Å²) in [6.45, 7) is 15.3. The van der Waals surface area contributed by atoms with Crippen LogP contribution in [-0.4, -0.2) is 37.7 Å². The summed E-state index contributed by atoms with van der Waals surface area (Å²) in [7, 11) is 0. The van der Waals surface area contributed by atoms with E-state index in [0.717, 1.165) is 26.2 Å². The van der Waals surface area contributed by atoms with Crippen LogP contribution < -0.4 is 15.5 Å². The van der Waals surface area contributed by atoms with Crippen molar-refractivity contribution in [3.63, 3.8) is 0 Å². The van der Waals surface area contributed by atoms with Crippen molar-refractivity contribution in [2.75, 3.05) is 36.0 Å². The van der Waals surface area contributed by atoms with Crippen LogP contribution in [-0.2, 0) is 4.79 Å². The van der Waals surface area contributed by atoms with Crippen molar-refractivity contribution in [2.45, 2.75) is 27.7 Å². The number of allylic oxidation sites excluding steroid dienone is 4. The number of para-hydroxylation sites is 1. The van der Waals surface area contributed by atoms with Crippen molar-refractivity contribution in [3.8, 4) is 0 Å². The zero-order valence-corrected chi connectivity index (χ0v) is 19.8. The predicted molar refractivity (Wildman–Crippen MR) is 138 cm³/mol. The van der Waals surface area contributed by atoms with Crippen LogP contribution in [0.4, 0.5) is 11.4 Å². The summed E-state index contributed by atoms with van der Waals surface area (Å²) < 4.78 is 0. The number of benzene rings is 2. The molecule has 0 atom stereocenters. The zero-order chi connectivity index (χ0) is 23.9. The van der Waals surface area contributed by atoms with Crippen molar-refractivity contribution < 1.29 is 9.90 Å². The summed E-state index contributed by atoms with van der Waals surface area (Å²) in [6.07, 6.45) is 7.72. The van der Waals surface area contributed by atoms with Crippen LogP contribution in [0.15, 0.2) is 73.0 Å². The highest BCUT2D eigenvalue weighted by Crippen LogP contribution is 2.27. The molecule has 5 nitrogen and oxygen atoms in total. The van der Waals surface area contributed by atoms with Gasteiger partial charge in [0.05, 0.1) is 5.76 Å². The van der Waals surface area contributed by atoms with Crippen LogP contribution in [0.25, 0.3) is 6.08 Å². The Kier molecular flexibility index (Phi) is 12.1.